The van der Waals surface area contributed by atoms with Gasteiger partial charge in [0.2, 0.25) is 0 Å². The molecule has 0 amide bonds. The largest absolute Gasteiger partial charge is 0.466 e. The van der Waals surface area contributed by atoms with Crippen molar-refractivity contribution in [1.29, 1.82) is 0 Å². The van der Waals surface area contributed by atoms with E-state index >= 15 is 0 Å². The molecule has 1 aliphatic heterocycles. The number of carbonyl (C=O) groups excluding carboxylic acids is 1. The molecule has 1 rings (SSSR count). The monoisotopic (exact) mass is 567 g/mol. The van der Waals surface area contributed by atoms with Crippen molar-refractivity contribution in [2.24, 2.45) is 5.92 Å². The van der Waals surface area contributed by atoms with E-state index in [1.807, 2.05) is 13.8 Å². The molecule has 0 aliphatic carbocycles. The number of nitrogens with zero attached hydrogens (tertiary/aromatic N) is 1. The van der Waals surface area contributed by atoms with Crippen LogP contribution in [0.2, 0.25) is 0 Å². The van der Waals surface area contributed by atoms with E-state index in [0.29, 0.717) is 13.0 Å². The Bertz CT molecular complexity index is 493. The van der Waals surface area contributed by atoms with Crippen LogP contribution >= 0.6 is 0 Å². The van der Waals surface area contributed by atoms with Crippen LogP contribution < -0.4 is 5.32 Å². The molecule has 0 radical (unpaired) electrons. The summed E-state index contributed by atoms with van der Waals surface area (Å²) in [5.74, 6) is 0.891. The zero-order chi connectivity index (χ0) is 29.4. The van der Waals surface area contributed by atoms with Gasteiger partial charge in [0.05, 0.1) is 6.61 Å². The van der Waals surface area contributed by atoms with E-state index in [0.717, 1.165) is 31.6 Å². The molecule has 1 aliphatic rings. The van der Waals surface area contributed by atoms with Crippen LogP contribution in [0.4, 0.5) is 0 Å². The highest BCUT2D eigenvalue weighted by Gasteiger charge is 2.14. The van der Waals surface area contributed by atoms with Crippen molar-refractivity contribution in [2.75, 3.05) is 39.3 Å². The molecule has 0 bridgehead atoms. The first-order valence-electron chi connectivity index (χ1n) is 18.3. The average molecular weight is 567 g/mol. The second-order valence-corrected chi connectivity index (χ2v) is 12.2. The number of hydrogen-bond donors (Lipinski definition) is 1. The predicted octanol–water partition coefficient (Wildman–Crippen LogP) is 10.5. The summed E-state index contributed by atoms with van der Waals surface area (Å²) in [6.07, 6.45) is 31.2. The Hall–Kier alpha value is -0.610. The van der Waals surface area contributed by atoms with Crippen LogP contribution in [0.3, 0.4) is 0 Å². The lowest BCUT2D eigenvalue weighted by Gasteiger charge is -2.27. The summed E-state index contributed by atoms with van der Waals surface area (Å²) in [5.41, 5.74) is 0. The number of esters is 1. The van der Waals surface area contributed by atoms with Gasteiger partial charge in [0.25, 0.3) is 0 Å². The molecular weight excluding hydrogens is 492 g/mol. The van der Waals surface area contributed by atoms with Crippen molar-refractivity contribution in [3.05, 3.63) is 0 Å². The molecule has 1 atom stereocenters. The van der Waals surface area contributed by atoms with E-state index in [4.69, 9.17) is 4.74 Å². The fourth-order valence-corrected chi connectivity index (χ4v) is 5.79. The van der Waals surface area contributed by atoms with Crippen molar-refractivity contribution >= 4 is 5.97 Å². The van der Waals surface area contributed by atoms with Crippen LogP contribution in [0.1, 0.15) is 182 Å². The van der Waals surface area contributed by atoms with E-state index in [1.54, 1.807) is 0 Å². The number of nitrogens with one attached hydrogen (secondary N) is 1. The molecule has 0 aromatic carbocycles. The zero-order valence-electron chi connectivity index (χ0n) is 28.1. The van der Waals surface area contributed by atoms with Gasteiger partial charge in [0, 0.05) is 6.42 Å². The third-order valence-corrected chi connectivity index (χ3v) is 8.45. The molecule has 4 heteroatoms. The van der Waals surface area contributed by atoms with Gasteiger partial charge in [-0.05, 0) is 83.6 Å². The minimum Gasteiger partial charge on any atom is -0.466 e. The smallest absolute Gasteiger partial charge is 0.305 e. The highest BCUT2D eigenvalue weighted by atomic mass is 16.5. The first-order chi connectivity index (χ1) is 19.8. The first kappa shape index (κ1) is 39.4. The summed E-state index contributed by atoms with van der Waals surface area (Å²) in [4.78, 5) is 14.6. The van der Waals surface area contributed by atoms with Crippen molar-refractivity contribution < 1.29 is 9.53 Å². The number of carbonyl (C=O) groups is 1. The van der Waals surface area contributed by atoms with Gasteiger partial charge in [-0.1, -0.05) is 130 Å². The quantitative estimate of drug-likeness (QED) is 0.0755. The maximum absolute atomic E-state index is 11.8. The van der Waals surface area contributed by atoms with Crippen LogP contribution in [-0.4, -0.2) is 50.2 Å². The molecule has 1 unspecified atom stereocenters. The fourth-order valence-electron chi connectivity index (χ4n) is 5.79. The number of hydrogen-bond acceptors (Lipinski definition) is 4. The number of ether oxygens (including phenoxy) is 1. The Morgan fingerprint density at radius 3 is 1.70 bits per heavy atom. The third kappa shape index (κ3) is 27.6. The number of piperidine rings is 1. The Kier molecular flexibility index (Phi) is 32.4. The summed E-state index contributed by atoms with van der Waals surface area (Å²) in [6.45, 7) is 15.4. The van der Waals surface area contributed by atoms with E-state index in [-0.39, 0.29) is 5.97 Å². The van der Waals surface area contributed by atoms with Gasteiger partial charge in [-0.25, -0.2) is 0 Å². The summed E-state index contributed by atoms with van der Waals surface area (Å²) < 4.78 is 5.33. The van der Waals surface area contributed by atoms with Gasteiger partial charge in [-0.15, -0.1) is 0 Å². The second kappa shape index (κ2) is 32.9. The van der Waals surface area contributed by atoms with Crippen molar-refractivity contribution in [3.8, 4) is 0 Å². The molecule has 1 fully saturated rings. The normalized spacial score (nSPS) is 15.2. The molecule has 40 heavy (non-hydrogen) atoms. The van der Waals surface area contributed by atoms with Crippen LogP contribution in [0.5, 0.6) is 0 Å². The molecule has 1 heterocycles. The Labute approximate surface area is 252 Å². The lowest BCUT2D eigenvalue weighted by molar-refractivity contribution is -0.143. The molecular formula is C36H74N2O2. The third-order valence-electron chi connectivity index (χ3n) is 8.45. The summed E-state index contributed by atoms with van der Waals surface area (Å²) >= 11 is 0. The topological polar surface area (TPSA) is 41.6 Å². The van der Waals surface area contributed by atoms with Crippen LogP contribution in [0, 0.1) is 5.92 Å². The van der Waals surface area contributed by atoms with Crippen molar-refractivity contribution in [2.45, 2.75) is 182 Å². The second-order valence-electron chi connectivity index (χ2n) is 12.2. The number of unbranched alkanes of at least 4 members (excludes halogenated alkanes) is 17. The Morgan fingerprint density at radius 2 is 1.18 bits per heavy atom. The summed E-state index contributed by atoms with van der Waals surface area (Å²) in [5, 5.41) is 3.60. The Balaban J connectivity index is 0.00000742. The van der Waals surface area contributed by atoms with Gasteiger partial charge < -0.3 is 15.0 Å². The molecule has 0 spiro atoms. The first-order valence-corrected chi connectivity index (χ1v) is 18.3. The highest BCUT2D eigenvalue weighted by Crippen LogP contribution is 2.17. The van der Waals surface area contributed by atoms with E-state index in [9.17, 15) is 4.79 Å². The maximum Gasteiger partial charge on any atom is 0.305 e. The molecule has 4 nitrogen and oxygen atoms in total. The van der Waals surface area contributed by atoms with Crippen molar-refractivity contribution in [3.63, 3.8) is 0 Å². The van der Waals surface area contributed by atoms with E-state index in [2.05, 4.69) is 24.1 Å². The highest BCUT2D eigenvalue weighted by molar-refractivity contribution is 5.69. The van der Waals surface area contributed by atoms with Gasteiger partial charge in [0.15, 0.2) is 0 Å². The average Bonchev–Trinajstić information content (AvgIpc) is 2.99. The maximum atomic E-state index is 11.8. The molecule has 0 aromatic rings. The summed E-state index contributed by atoms with van der Waals surface area (Å²) in [6, 6.07) is 0. The fraction of sp³-hybridized carbons (Fsp3) is 0.972. The van der Waals surface area contributed by atoms with Gasteiger partial charge >= 0.3 is 5.97 Å². The van der Waals surface area contributed by atoms with Crippen molar-refractivity contribution in [1.82, 2.24) is 10.2 Å². The molecule has 1 N–H and O–H groups in total. The molecule has 0 saturated carbocycles. The standard InChI is InChI=1S/C34H68N2O2.C2H6/c1-3-5-7-8-9-10-11-12-13-14-17-20-28-36(30-26-33-24-23-27-35-32-33)29-21-18-15-16-19-25-34(37)38-31-22-6-4-2;1-2/h33,35H,3-32H2,1-2H3;1-2H3. The molecule has 0 aromatic heterocycles. The van der Waals surface area contributed by atoms with Crippen LogP contribution in [0.25, 0.3) is 0 Å². The van der Waals surface area contributed by atoms with Gasteiger partial charge in [-0.3, -0.25) is 4.79 Å². The van der Waals surface area contributed by atoms with Crippen LogP contribution in [-0.2, 0) is 9.53 Å². The van der Waals surface area contributed by atoms with Gasteiger partial charge in [0.1, 0.15) is 0 Å². The minimum absolute atomic E-state index is 0.00638. The SMILES string of the molecule is CC.CCCCCCCCCCCCCCN(CCCCCCCC(=O)OCCCCC)CCC1CCCNC1. The van der Waals surface area contributed by atoms with Crippen LogP contribution in [0.15, 0.2) is 0 Å². The summed E-state index contributed by atoms with van der Waals surface area (Å²) in [7, 11) is 0. The lowest BCUT2D eigenvalue weighted by Crippen LogP contribution is -2.34. The predicted molar refractivity (Wildman–Crippen MR) is 177 cm³/mol. The molecule has 1 saturated heterocycles. The van der Waals surface area contributed by atoms with Gasteiger partial charge in [-0.2, -0.15) is 0 Å². The number of rotatable bonds is 28. The molecule has 240 valence electrons. The lowest BCUT2D eigenvalue weighted by atomic mass is 9.96. The Morgan fingerprint density at radius 1 is 0.675 bits per heavy atom. The zero-order valence-corrected chi connectivity index (χ0v) is 28.1. The van der Waals surface area contributed by atoms with E-state index < -0.39 is 0 Å². The van der Waals surface area contributed by atoms with E-state index in [1.165, 1.54) is 155 Å². The minimum atomic E-state index is 0.00638.